The van der Waals surface area contributed by atoms with Crippen molar-refractivity contribution in [2.75, 3.05) is 19.7 Å². The molecule has 0 aromatic carbocycles. The predicted octanol–water partition coefficient (Wildman–Crippen LogP) is 2.85. The first-order valence-electron chi connectivity index (χ1n) is 9.79. The molecule has 0 radical (unpaired) electrons. The molecule has 1 heterocycles. The van der Waals surface area contributed by atoms with Crippen LogP contribution in [0.25, 0.3) is 0 Å². The average Bonchev–Trinajstić information content (AvgIpc) is 3.01. The van der Waals surface area contributed by atoms with Gasteiger partial charge in [-0.1, -0.05) is 19.3 Å². The van der Waals surface area contributed by atoms with Gasteiger partial charge < -0.3 is 15.4 Å². The minimum absolute atomic E-state index is 0.212. The maximum Gasteiger partial charge on any atom is 0.242 e. The van der Waals surface area contributed by atoms with Crippen molar-refractivity contribution in [3.05, 3.63) is 0 Å². The highest BCUT2D eigenvalue weighted by Crippen LogP contribution is 2.59. The van der Waals surface area contributed by atoms with Crippen LogP contribution in [0.5, 0.6) is 0 Å². The highest BCUT2D eigenvalue weighted by molar-refractivity contribution is 5.87. The van der Waals surface area contributed by atoms with E-state index in [1.165, 1.54) is 44.9 Å². The summed E-state index contributed by atoms with van der Waals surface area (Å²) in [5.41, 5.74) is 6.32. The Bertz CT molecular complexity index is 438. The summed E-state index contributed by atoms with van der Waals surface area (Å²) >= 11 is 0. The van der Waals surface area contributed by atoms with E-state index in [4.69, 9.17) is 10.5 Å². The Morgan fingerprint density at radius 1 is 1.04 bits per heavy atom. The summed E-state index contributed by atoms with van der Waals surface area (Å²) in [6.07, 6.45) is 13.5. The van der Waals surface area contributed by atoms with E-state index < -0.39 is 5.54 Å². The Morgan fingerprint density at radius 3 is 2.26 bits per heavy atom. The zero-order valence-corrected chi connectivity index (χ0v) is 14.4. The van der Waals surface area contributed by atoms with Crippen LogP contribution in [0, 0.1) is 11.3 Å². The first-order valence-corrected chi connectivity index (χ1v) is 9.79. The van der Waals surface area contributed by atoms with Gasteiger partial charge in [0.1, 0.15) is 0 Å². The minimum Gasteiger partial charge on any atom is -0.378 e. The van der Waals surface area contributed by atoms with Crippen LogP contribution in [-0.4, -0.2) is 42.1 Å². The highest BCUT2D eigenvalue weighted by Gasteiger charge is 2.59. The first kappa shape index (κ1) is 15.9. The topological polar surface area (TPSA) is 55.6 Å². The van der Waals surface area contributed by atoms with Crippen LogP contribution in [0.4, 0.5) is 0 Å². The molecule has 0 aromatic rings. The number of hydrogen-bond donors (Lipinski definition) is 1. The quantitative estimate of drug-likeness (QED) is 0.866. The second kappa shape index (κ2) is 6.03. The molecule has 0 unspecified atom stereocenters. The van der Waals surface area contributed by atoms with Gasteiger partial charge in [-0.25, -0.2) is 0 Å². The van der Waals surface area contributed by atoms with Crippen LogP contribution in [-0.2, 0) is 9.53 Å². The third kappa shape index (κ3) is 3.05. The number of rotatable bonds is 4. The monoisotopic (exact) mass is 320 g/mol. The summed E-state index contributed by atoms with van der Waals surface area (Å²) in [7, 11) is 0. The van der Waals surface area contributed by atoms with E-state index in [9.17, 15) is 4.79 Å². The number of likely N-dealkylation sites (tertiary alicyclic amines) is 1. The molecule has 4 fully saturated rings. The number of carbonyl (C=O) groups excluding carboxylic acids is 1. The normalized spacial score (nSPS) is 30.2. The summed E-state index contributed by atoms with van der Waals surface area (Å²) in [5, 5.41) is 0. The Labute approximate surface area is 140 Å². The van der Waals surface area contributed by atoms with Crippen molar-refractivity contribution in [1.29, 1.82) is 0 Å². The summed E-state index contributed by atoms with van der Waals surface area (Å²) in [4.78, 5) is 14.8. The van der Waals surface area contributed by atoms with Gasteiger partial charge in [0.05, 0.1) is 11.6 Å². The zero-order chi connectivity index (χ0) is 15.9. The third-order valence-electron chi connectivity index (χ3n) is 6.99. The maximum absolute atomic E-state index is 12.8. The van der Waals surface area contributed by atoms with Crippen LogP contribution in [0.1, 0.15) is 70.6 Å². The summed E-state index contributed by atoms with van der Waals surface area (Å²) in [6.45, 7) is 2.60. The molecule has 1 saturated heterocycles. The molecule has 4 rings (SSSR count). The minimum atomic E-state index is -0.544. The molecule has 23 heavy (non-hydrogen) atoms. The van der Waals surface area contributed by atoms with Gasteiger partial charge in [-0.15, -0.1) is 0 Å². The van der Waals surface area contributed by atoms with Gasteiger partial charge in [-0.3, -0.25) is 4.79 Å². The molecule has 1 amide bonds. The lowest BCUT2D eigenvalue weighted by atomic mass is 9.48. The second-order valence-corrected chi connectivity index (χ2v) is 8.84. The van der Waals surface area contributed by atoms with Crippen LogP contribution in [0.2, 0.25) is 0 Å². The van der Waals surface area contributed by atoms with Crippen LogP contribution >= 0.6 is 0 Å². The number of ether oxygens (including phenoxy) is 1. The van der Waals surface area contributed by atoms with E-state index in [2.05, 4.69) is 0 Å². The SMILES string of the molecule is NC1(C(=O)N2CCC(OCC3CCCC3)CC2)CC2(CCC2)C1. The Kier molecular flexibility index (Phi) is 4.17. The summed E-state index contributed by atoms with van der Waals surface area (Å²) in [5.74, 6) is 1.000. The van der Waals surface area contributed by atoms with E-state index >= 15 is 0 Å². The molecule has 3 aliphatic carbocycles. The Balaban J connectivity index is 1.21. The van der Waals surface area contributed by atoms with Gasteiger partial charge in [0, 0.05) is 19.7 Å². The van der Waals surface area contributed by atoms with Gasteiger partial charge in [-0.05, 0) is 62.7 Å². The Morgan fingerprint density at radius 2 is 1.70 bits per heavy atom. The zero-order valence-electron chi connectivity index (χ0n) is 14.4. The molecule has 3 saturated carbocycles. The first-order chi connectivity index (χ1) is 11.1. The highest BCUT2D eigenvalue weighted by atomic mass is 16.5. The van der Waals surface area contributed by atoms with Crippen molar-refractivity contribution in [3.8, 4) is 0 Å². The smallest absolute Gasteiger partial charge is 0.242 e. The number of carbonyl (C=O) groups is 1. The van der Waals surface area contributed by atoms with E-state index in [0.717, 1.165) is 51.3 Å². The fourth-order valence-electron chi connectivity index (χ4n) is 5.46. The average molecular weight is 320 g/mol. The molecular weight excluding hydrogens is 288 g/mol. The predicted molar refractivity (Wildman–Crippen MR) is 89.9 cm³/mol. The van der Waals surface area contributed by atoms with E-state index in [1.807, 2.05) is 4.90 Å². The summed E-state index contributed by atoms with van der Waals surface area (Å²) < 4.78 is 6.11. The van der Waals surface area contributed by atoms with Gasteiger partial charge in [0.25, 0.3) is 0 Å². The lowest BCUT2D eigenvalue weighted by Gasteiger charge is -2.59. The number of hydrogen-bond acceptors (Lipinski definition) is 3. The van der Waals surface area contributed by atoms with E-state index in [1.54, 1.807) is 0 Å². The van der Waals surface area contributed by atoms with Gasteiger partial charge >= 0.3 is 0 Å². The molecule has 1 spiro atoms. The van der Waals surface area contributed by atoms with Crippen LogP contribution in [0.3, 0.4) is 0 Å². The lowest BCUT2D eigenvalue weighted by molar-refractivity contribution is -0.154. The third-order valence-corrected chi connectivity index (χ3v) is 6.99. The van der Waals surface area contributed by atoms with Crippen molar-refractivity contribution in [1.82, 2.24) is 4.90 Å². The van der Waals surface area contributed by atoms with Crippen molar-refractivity contribution >= 4 is 5.91 Å². The molecular formula is C19H32N2O2. The van der Waals surface area contributed by atoms with Crippen molar-refractivity contribution in [3.63, 3.8) is 0 Å². The fraction of sp³-hybridized carbons (Fsp3) is 0.947. The van der Waals surface area contributed by atoms with Crippen molar-refractivity contribution in [2.45, 2.75) is 82.3 Å². The fourth-order valence-corrected chi connectivity index (χ4v) is 5.46. The van der Waals surface area contributed by atoms with Gasteiger partial charge in [0.2, 0.25) is 5.91 Å². The van der Waals surface area contributed by atoms with Gasteiger partial charge in [0.15, 0.2) is 0 Å². The molecule has 1 aliphatic heterocycles. The van der Waals surface area contributed by atoms with E-state index in [-0.39, 0.29) is 5.91 Å². The van der Waals surface area contributed by atoms with Crippen LogP contribution < -0.4 is 5.73 Å². The summed E-state index contributed by atoms with van der Waals surface area (Å²) in [6, 6.07) is 0. The number of piperidine rings is 1. The van der Waals surface area contributed by atoms with E-state index in [0.29, 0.717) is 11.5 Å². The maximum atomic E-state index is 12.8. The molecule has 0 bridgehead atoms. The van der Waals surface area contributed by atoms with Crippen LogP contribution in [0.15, 0.2) is 0 Å². The lowest BCUT2D eigenvalue weighted by Crippen LogP contribution is -2.68. The molecule has 4 aliphatic rings. The molecule has 0 atom stereocenters. The molecule has 4 heteroatoms. The number of nitrogens with two attached hydrogens (primary N) is 1. The second-order valence-electron chi connectivity index (χ2n) is 8.84. The number of nitrogens with zero attached hydrogens (tertiary/aromatic N) is 1. The van der Waals surface area contributed by atoms with Gasteiger partial charge in [-0.2, -0.15) is 0 Å². The van der Waals surface area contributed by atoms with Crippen molar-refractivity contribution < 1.29 is 9.53 Å². The molecule has 130 valence electrons. The Hall–Kier alpha value is -0.610. The largest absolute Gasteiger partial charge is 0.378 e. The molecule has 4 nitrogen and oxygen atoms in total. The molecule has 2 N–H and O–H groups in total. The standard InChI is InChI=1S/C19H32N2O2/c20-19(13-18(14-19)8-3-9-18)17(22)21-10-6-16(7-11-21)23-12-15-4-1-2-5-15/h15-16H,1-14,20H2. The molecule has 0 aromatic heterocycles. The number of amides is 1. The van der Waals surface area contributed by atoms with Crippen molar-refractivity contribution in [2.24, 2.45) is 17.1 Å².